The number of nitrogens with zero attached hydrogens (tertiary/aromatic N) is 4. The maximum Gasteiger partial charge on any atom is 0.227 e. The van der Waals surface area contributed by atoms with Gasteiger partial charge in [0, 0.05) is 51.8 Å². The number of rotatable bonds is 18. The minimum Gasteiger partial charge on any atom is -0.492 e. The van der Waals surface area contributed by atoms with Gasteiger partial charge in [-0.05, 0) is 38.5 Å². The fourth-order valence-corrected chi connectivity index (χ4v) is 4.17. The van der Waals surface area contributed by atoms with Crippen LogP contribution in [0.1, 0.15) is 31.4 Å². The summed E-state index contributed by atoms with van der Waals surface area (Å²) in [5.74, 6) is 2.46. The second-order valence-electron chi connectivity index (χ2n) is 10.5. The highest BCUT2D eigenvalue weighted by Gasteiger charge is 2.23. The molecule has 0 saturated carbocycles. The minimum atomic E-state index is -1.21. The maximum absolute atomic E-state index is 6.19. The van der Waals surface area contributed by atoms with E-state index >= 15 is 0 Å². The van der Waals surface area contributed by atoms with Gasteiger partial charge >= 0.3 is 0 Å². The van der Waals surface area contributed by atoms with Crippen molar-refractivity contribution in [1.29, 1.82) is 0 Å². The predicted molar refractivity (Wildman–Crippen MR) is 159 cm³/mol. The maximum atomic E-state index is 6.19. The molecule has 0 amide bonds. The minimum absolute atomic E-state index is 0.0429. The van der Waals surface area contributed by atoms with E-state index < -0.39 is 8.07 Å². The molecule has 10 heteroatoms. The number of nitrogens with one attached hydrogen (secondary N) is 2. The van der Waals surface area contributed by atoms with Crippen molar-refractivity contribution >= 4 is 19.8 Å². The van der Waals surface area contributed by atoms with Crippen LogP contribution in [0.3, 0.4) is 0 Å². The molecule has 38 heavy (non-hydrogen) atoms. The lowest BCUT2D eigenvalue weighted by molar-refractivity contribution is 0.140. The monoisotopic (exact) mass is 542 g/mol. The summed E-state index contributed by atoms with van der Waals surface area (Å²) < 4.78 is 18.1. The van der Waals surface area contributed by atoms with Gasteiger partial charge in [0.2, 0.25) is 11.8 Å². The van der Waals surface area contributed by atoms with E-state index in [9.17, 15) is 0 Å². The molecule has 2 aromatic rings. The van der Waals surface area contributed by atoms with Crippen LogP contribution in [0.5, 0.6) is 11.6 Å². The van der Waals surface area contributed by atoms with Crippen LogP contribution in [0, 0.1) is 6.92 Å². The van der Waals surface area contributed by atoms with Gasteiger partial charge in [-0.2, -0.15) is 9.97 Å². The van der Waals surface area contributed by atoms with Crippen molar-refractivity contribution in [3.8, 4) is 11.6 Å². The normalized spacial score (nSPS) is 12.0. The SMILES string of the molecule is C=CC(=C)NCC(C)N(COCC[Si](C)(C)C)c1nc(NC)nc(OCc2cncc(OCCC)c2)c1C. The van der Waals surface area contributed by atoms with Crippen molar-refractivity contribution < 1.29 is 14.2 Å². The fourth-order valence-electron chi connectivity index (χ4n) is 3.41. The molecule has 2 rings (SSSR count). The summed E-state index contributed by atoms with van der Waals surface area (Å²) in [6.45, 7) is 23.7. The molecule has 210 valence electrons. The van der Waals surface area contributed by atoms with Crippen LogP contribution in [0.25, 0.3) is 0 Å². The molecule has 0 spiro atoms. The number of pyridine rings is 1. The van der Waals surface area contributed by atoms with E-state index in [1.807, 2.05) is 13.0 Å². The zero-order valence-corrected chi connectivity index (χ0v) is 25.3. The summed E-state index contributed by atoms with van der Waals surface area (Å²) in [6, 6.07) is 3.08. The van der Waals surface area contributed by atoms with Crippen LogP contribution in [-0.2, 0) is 11.3 Å². The Morgan fingerprint density at radius 2 is 1.95 bits per heavy atom. The smallest absolute Gasteiger partial charge is 0.227 e. The number of anilines is 2. The predicted octanol–water partition coefficient (Wildman–Crippen LogP) is 5.39. The average Bonchev–Trinajstić information content (AvgIpc) is 2.89. The molecule has 0 aliphatic carbocycles. The first-order valence-corrected chi connectivity index (χ1v) is 16.9. The largest absolute Gasteiger partial charge is 0.492 e. The summed E-state index contributed by atoms with van der Waals surface area (Å²) in [5.41, 5.74) is 2.50. The van der Waals surface area contributed by atoms with Gasteiger partial charge in [-0.1, -0.05) is 39.7 Å². The third-order valence-corrected chi connectivity index (χ3v) is 7.52. The van der Waals surface area contributed by atoms with Gasteiger partial charge < -0.3 is 29.7 Å². The molecule has 2 aromatic heterocycles. The molecule has 0 aromatic carbocycles. The molecular formula is C28H46N6O3Si. The average molecular weight is 543 g/mol. The Bertz CT molecular complexity index is 1040. The molecule has 1 unspecified atom stereocenters. The summed E-state index contributed by atoms with van der Waals surface area (Å²) in [5, 5.41) is 6.38. The zero-order chi connectivity index (χ0) is 28.1. The van der Waals surface area contributed by atoms with Crippen LogP contribution in [0.15, 0.2) is 43.4 Å². The molecule has 0 aliphatic rings. The lowest BCUT2D eigenvalue weighted by Gasteiger charge is -2.32. The highest BCUT2D eigenvalue weighted by Crippen LogP contribution is 2.29. The van der Waals surface area contributed by atoms with Gasteiger partial charge in [-0.3, -0.25) is 4.98 Å². The van der Waals surface area contributed by atoms with Crippen LogP contribution >= 0.6 is 0 Å². The Balaban J connectivity index is 2.29. The molecule has 0 bridgehead atoms. The molecule has 2 heterocycles. The van der Waals surface area contributed by atoms with Crippen molar-refractivity contribution in [3.63, 3.8) is 0 Å². The molecule has 0 fully saturated rings. The molecule has 0 aliphatic heterocycles. The quantitative estimate of drug-likeness (QED) is 0.111. The molecule has 0 radical (unpaired) electrons. The van der Waals surface area contributed by atoms with Crippen molar-refractivity contribution in [2.45, 2.75) is 65.5 Å². The van der Waals surface area contributed by atoms with Crippen molar-refractivity contribution in [2.24, 2.45) is 0 Å². The van der Waals surface area contributed by atoms with E-state index in [4.69, 9.17) is 19.2 Å². The van der Waals surface area contributed by atoms with E-state index in [0.29, 0.717) is 44.9 Å². The first-order chi connectivity index (χ1) is 18.1. The molecule has 2 N–H and O–H groups in total. The Morgan fingerprint density at radius 3 is 2.61 bits per heavy atom. The van der Waals surface area contributed by atoms with Gasteiger partial charge in [-0.15, -0.1) is 0 Å². The van der Waals surface area contributed by atoms with Crippen LogP contribution in [0.4, 0.5) is 11.8 Å². The number of aromatic nitrogens is 3. The summed E-state index contributed by atoms with van der Waals surface area (Å²) in [7, 11) is 0.588. The van der Waals surface area contributed by atoms with Crippen molar-refractivity contribution in [1.82, 2.24) is 20.3 Å². The molecular weight excluding hydrogens is 496 g/mol. The fraction of sp³-hybridized carbons (Fsp3) is 0.536. The third-order valence-electron chi connectivity index (χ3n) is 5.82. The summed E-state index contributed by atoms with van der Waals surface area (Å²) >= 11 is 0. The van der Waals surface area contributed by atoms with Gasteiger partial charge in [0.1, 0.15) is 24.9 Å². The number of ether oxygens (including phenoxy) is 3. The Hall–Kier alpha value is -3.11. The third kappa shape index (κ3) is 10.3. The first-order valence-electron chi connectivity index (χ1n) is 13.2. The van der Waals surface area contributed by atoms with Gasteiger partial charge in [-0.25, -0.2) is 0 Å². The molecule has 0 saturated heterocycles. The van der Waals surface area contributed by atoms with Crippen molar-refractivity contribution in [3.05, 3.63) is 54.5 Å². The van der Waals surface area contributed by atoms with E-state index in [1.165, 1.54) is 0 Å². The van der Waals surface area contributed by atoms with Gasteiger partial charge in [0.25, 0.3) is 0 Å². The first kappa shape index (κ1) is 31.1. The standard InChI is InChI=1S/C28H46N6O3Si/c1-10-12-36-25-15-24(17-30-18-25)19-37-27-23(5)26(32-28(29-6)33-27)34(20-35-13-14-38(7,8)9)22(4)16-31-21(3)11-2/h11,15,17-18,22,31H,2-3,10,12-14,16,19-20H2,1,4-9H3,(H,29,32,33). The van der Waals surface area contributed by atoms with Crippen molar-refractivity contribution in [2.75, 3.05) is 43.8 Å². The highest BCUT2D eigenvalue weighted by molar-refractivity contribution is 6.76. The molecule has 1 atom stereocenters. The van der Waals surface area contributed by atoms with E-state index in [2.05, 4.69) is 72.1 Å². The van der Waals surface area contributed by atoms with Crippen LogP contribution in [0.2, 0.25) is 25.7 Å². The Labute approximate surface area is 229 Å². The van der Waals surface area contributed by atoms with Gasteiger partial charge in [0.05, 0.1) is 18.4 Å². The number of hydrogen-bond donors (Lipinski definition) is 2. The second kappa shape index (κ2) is 15.3. The summed E-state index contributed by atoms with van der Waals surface area (Å²) in [4.78, 5) is 15.8. The Kier molecular flexibility index (Phi) is 12.6. The lowest BCUT2D eigenvalue weighted by atomic mass is 10.2. The number of allylic oxidation sites excluding steroid dienone is 1. The van der Waals surface area contributed by atoms with Crippen LogP contribution in [-0.4, -0.2) is 62.6 Å². The Morgan fingerprint density at radius 1 is 1.18 bits per heavy atom. The van der Waals surface area contributed by atoms with Crippen LogP contribution < -0.4 is 25.0 Å². The van der Waals surface area contributed by atoms with E-state index in [1.54, 1.807) is 25.5 Å². The van der Waals surface area contributed by atoms with E-state index in [-0.39, 0.29) is 6.04 Å². The zero-order valence-electron chi connectivity index (χ0n) is 24.3. The second-order valence-corrected chi connectivity index (χ2v) is 16.1. The lowest BCUT2D eigenvalue weighted by Crippen LogP contribution is -2.42. The molecule has 9 nitrogen and oxygen atoms in total. The van der Waals surface area contributed by atoms with Gasteiger partial charge in [0.15, 0.2) is 0 Å². The number of hydrogen-bond acceptors (Lipinski definition) is 9. The highest BCUT2D eigenvalue weighted by atomic mass is 28.3. The summed E-state index contributed by atoms with van der Waals surface area (Å²) in [6.07, 6.45) is 6.13. The van der Waals surface area contributed by atoms with E-state index in [0.717, 1.165) is 40.9 Å². The topological polar surface area (TPSA) is 93.7 Å².